The maximum Gasteiger partial charge on any atom is 0.350 e. The summed E-state index contributed by atoms with van der Waals surface area (Å²) in [4.78, 5) is 40.9. The molecule has 0 aliphatic rings. The second-order valence-corrected chi connectivity index (χ2v) is 7.80. The van der Waals surface area contributed by atoms with Gasteiger partial charge in [0.25, 0.3) is 0 Å². The van der Waals surface area contributed by atoms with Crippen LogP contribution in [0.1, 0.15) is 54.0 Å². The third-order valence-corrected chi connectivity index (χ3v) is 5.07. The summed E-state index contributed by atoms with van der Waals surface area (Å²) in [6, 6.07) is 7.28. The van der Waals surface area contributed by atoms with Crippen molar-refractivity contribution in [3.8, 4) is 5.75 Å². The number of esters is 1. The fourth-order valence-electron chi connectivity index (χ4n) is 2.55. The van der Waals surface area contributed by atoms with Gasteiger partial charge in [-0.2, -0.15) is 0 Å². The number of hydrogen-bond donors (Lipinski definition) is 2. The van der Waals surface area contributed by atoms with E-state index in [0.717, 1.165) is 22.6 Å². The van der Waals surface area contributed by atoms with Gasteiger partial charge in [-0.05, 0) is 36.6 Å². The van der Waals surface area contributed by atoms with Crippen LogP contribution in [-0.4, -0.2) is 43.0 Å². The minimum absolute atomic E-state index is 0.0121. The lowest BCUT2D eigenvalue weighted by Crippen LogP contribution is -2.26. The molecule has 2 amide bonds. The van der Waals surface area contributed by atoms with Crippen molar-refractivity contribution in [1.82, 2.24) is 10.3 Å². The number of rotatable bonds is 10. The molecule has 8 nitrogen and oxygen atoms in total. The van der Waals surface area contributed by atoms with Crippen LogP contribution in [0.2, 0.25) is 0 Å². The Morgan fingerprint density at radius 3 is 2.52 bits per heavy atom. The summed E-state index contributed by atoms with van der Waals surface area (Å²) in [6.45, 7) is 6.00. The molecule has 166 valence electrons. The highest BCUT2D eigenvalue weighted by Crippen LogP contribution is 2.29. The van der Waals surface area contributed by atoms with Crippen molar-refractivity contribution in [2.75, 3.05) is 25.6 Å². The standard InChI is InChI=1S/C22H27N3O5S/c1-5-30-21(28)20-19(14(2)3)25-22(31-20)24-18(27)12-13-23-17(26)11-8-15-6-9-16(29-4)10-7-15/h6-11,14H,5,12-13H2,1-4H3,(H,23,26)(H,24,25,27). The zero-order valence-corrected chi connectivity index (χ0v) is 18.9. The van der Waals surface area contributed by atoms with Crippen LogP contribution < -0.4 is 15.4 Å². The number of thiazole rings is 1. The third-order valence-electron chi connectivity index (χ3n) is 4.10. The van der Waals surface area contributed by atoms with Crippen molar-refractivity contribution < 1.29 is 23.9 Å². The number of methoxy groups -OCH3 is 1. The van der Waals surface area contributed by atoms with Crippen molar-refractivity contribution in [3.05, 3.63) is 46.5 Å². The minimum atomic E-state index is -0.444. The topological polar surface area (TPSA) is 107 Å². The Labute approximate surface area is 185 Å². The van der Waals surface area contributed by atoms with Gasteiger partial charge in [-0.25, -0.2) is 9.78 Å². The van der Waals surface area contributed by atoms with Gasteiger partial charge in [-0.3, -0.25) is 9.59 Å². The van der Waals surface area contributed by atoms with Gasteiger partial charge in [0.1, 0.15) is 10.6 Å². The summed E-state index contributed by atoms with van der Waals surface area (Å²) >= 11 is 1.09. The van der Waals surface area contributed by atoms with Gasteiger partial charge in [-0.15, -0.1) is 0 Å². The molecular formula is C22H27N3O5S. The van der Waals surface area contributed by atoms with Crippen LogP contribution in [0.15, 0.2) is 30.3 Å². The molecular weight excluding hydrogens is 418 g/mol. The minimum Gasteiger partial charge on any atom is -0.497 e. The van der Waals surface area contributed by atoms with E-state index in [1.54, 1.807) is 32.2 Å². The molecule has 2 aromatic rings. The molecule has 0 atom stereocenters. The average Bonchev–Trinajstić information content (AvgIpc) is 3.17. The first kappa shape index (κ1) is 24.1. The van der Waals surface area contributed by atoms with E-state index in [0.29, 0.717) is 15.7 Å². The summed E-state index contributed by atoms with van der Waals surface area (Å²) < 4.78 is 10.1. The fraction of sp³-hybridized carbons (Fsp3) is 0.364. The van der Waals surface area contributed by atoms with Gasteiger partial charge in [0.05, 0.1) is 19.4 Å². The number of amides is 2. The molecule has 0 fully saturated rings. The number of aromatic nitrogens is 1. The van der Waals surface area contributed by atoms with Crippen molar-refractivity contribution in [3.63, 3.8) is 0 Å². The Morgan fingerprint density at radius 1 is 1.19 bits per heavy atom. The fourth-order valence-corrected chi connectivity index (χ4v) is 3.58. The number of nitrogens with one attached hydrogen (secondary N) is 2. The van der Waals surface area contributed by atoms with Crippen LogP contribution in [-0.2, 0) is 14.3 Å². The predicted octanol–water partition coefficient (Wildman–Crippen LogP) is 3.61. The molecule has 2 N–H and O–H groups in total. The molecule has 0 bridgehead atoms. The van der Waals surface area contributed by atoms with Crippen LogP contribution in [0, 0.1) is 0 Å². The lowest BCUT2D eigenvalue weighted by atomic mass is 10.1. The van der Waals surface area contributed by atoms with Crippen LogP contribution in [0.4, 0.5) is 5.13 Å². The first-order chi connectivity index (χ1) is 14.8. The number of nitrogens with zero attached hydrogens (tertiary/aromatic N) is 1. The van der Waals surface area contributed by atoms with E-state index in [1.165, 1.54) is 6.08 Å². The summed E-state index contributed by atoms with van der Waals surface area (Å²) in [7, 11) is 1.59. The molecule has 0 aliphatic heterocycles. The van der Waals surface area contributed by atoms with E-state index >= 15 is 0 Å². The van der Waals surface area contributed by atoms with Crippen LogP contribution >= 0.6 is 11.3 Å². The number of ether oxygens (including phenoxy) is 2. The number of carbonyl (C=O) groups excluding carboxylic acids is 3. The van der Waals surface area contributed by atoms with Gasteiger partial charge < -0.3 is 20.1 Å². The van der Waals surface area contributed by atoms with Crippen LogP contribution in [0.5, 0.6) is 5.75 Å². The largest absolute Gasteiger partial charge is 0.497 e. The van der Waals surface area contributed by atoms with Gasteiger partial charge in [0.2, 0.25) is 11.8 Å². The lowest BCUT2D eigenvalue weighted by molar-refractivity contribution is -0.117. The smallest absolute Gasteiger partial charge is 0.350 e. The maximum atomic E-state index is 12.2. The third kappa shape index (κ3) is 7.53. The molecule has 1 aromatic heterocycles. The number of benzene rings is 1. The van der Waals surface area contributed by atoms with E-state index in [4.69, 9.17) is 9.47 Å². The van der Waals surface area contributed by atoms with Gasteiger partial charge in [0, 0.05) is 19.0 Å². The average molecular weight is 446 g/mol. The summed E-state index contributed by atoms with van der Waals surface area (Å²) in [6.07, 6.45) is 3.16. The van der Waals surface area contributed by atoms with Crippen molar-refractivity contribution in [2.45, 2.75) is 33.1 Å². The molecule has 2 rings (SSSR count). The molecule has 0 saturated carbocycles. The predicted molar refractivity (Wildman–Crippen MR) is 120 cm³/mol. The van der Waals surface area contributed by atoms with Gasteiger partial charge in [0.15, 0.2) is 5.13 Å². The van der Waals surface area contributed by atoms with Crippen molar-refractivity contribution in [1.29, 1.82) is 0 Å². The van der Waals surface area contributed by atoms with Crippen LogP contribution in [0.25, 0.3) is 6.08 Å². The molecule has 0 saturated heterocycles. The second kappa shape index (κ2) is 11.8. The summed E-state index contributed by atoms with van der Waals surface area (Å²) in [5.41, 5.74) is 1.45. The number of carbonyl (C=O) groups is 3. The molecule has 31 heavy (non-hydrogen) atoms. The van der Waals surface area contributed by atoms with E-state index in [9.17, 15) is 14.4 Å². The summed E-state index contributed by atoms with van der Waals surface area (Å²) in [5.74, 6) is -0.301. The number of hydrogen-bond acceptors (Lipinski definition) is 7. The highest BCUT2D eigenvalue weighted by Gasteiger charge is 2.22. The van der Waals surface area contributed by atoms with Crippen LogP contribution in [0.3, 0.4) is 0 Å². The first-order valence-corrected chi connectivity index (χ1v) is 10.7. The van der Waals surface area contributed by atoms with Crippen molar-refractivity contribution >= 4 is 40.3 Å². The van der Waals surface area contributed by atoms with Gasteiger partial charge in [-0.1, -0.05) is 37.3 Å². The Hall–Kier alpha value is -3.20. The Kier molecular flexibility index (Phi) is 9.20. The van der Waals surface area contributed by atoms with E-state index in [-0.39, 0.29) is 37.3 Å². The monoisotopic (exact) mass is 445 g/mol. The molecule has 1 heterocycles. The Balaban J connectivity index is 1.83. The highest BCUT2D eigenvalue weighted by atomic mass is 32.1. The summed E-state index contributed by atoms with van der Waals surface area (Å²) in [5, 5.41) is 5.67. The zero-order valence-electron chi connectivity index (χ0n) is 18.1. The molecule has 0 spiro atoms. The molecule has 0 aliphatic carbocycles. The quantitative estimate of drug-likeness (QED) is 0.427. The molecule has 0 radical (unpaired) electrons. The Morgan fingerprint density at radius 2 is 1.90 bits per heavy atom. The molecule has 1 aromatic carbocycles. The van der Waals surface area contributed by atoms with E-state index in [1.807, 2.05) is 26.0 Å². The maximum absolute atomic E-state index is 12.2. The molecule has 9 heteroatoms. The Bertz CT molecular complexity index is 935. The lowest BCUT2D eigenvalue weighted by Gasteiger charge is -2.04. The normalized spacial score (nSPS) is 10.9. The van der Waals surface area contributed by atoms with Crippen molar-refractivity contribution in [2.24, 2.45) is 0 Å². The molecule has 0 unspecified atom stereocenters. The van der Waals surface area contributed by atoms with Gasteiger partial charge >= 0.3 is 5.97 Å². The highest BCUT2D eigenvalue weighted by molar-refractivity contribution is 7.17. The van der Waals surface area contributed by atoms with E-state index < -0.39 is 5.97 Å². The first-order valence-electron chi connectivity index (χ1n) is 9.91. The number of anilines is 1. The second-order valence-electron chi connectivity index (χ2n) is 6.80. The van der Waals surface area contributed by atoms with E-state index in [2.05, 4.69) is 15.6 Å². The SMILES string of the molecule is CCOC(=O)c1sc(NC(=O)CCNC(=O)C=Cc2ccc(OC)cc2)nc1C(C)C. The zero-order chi connectivity index (χ0) is 22.8.